The number of benzene rings is 1. The molecule has 1 fully saturated rings. The van der Waals surface area contributed by atoms with Crippen LogP contribution in [-0.2, 0) is 0 Å². The minimum Gasteiger partial charge on any atom is -0.485 e. The van der Waals surface area contributed by atoms with Crippen LogP contribution in [0.5, 0.6) is 5.75 Å². The number of Topliss-reactive ketones (excluding diaryl/α,β-unsaturated/α-hetero) is 1. The highest BCUT2D eigenvalue weighted by atomic mass is 16.5. The van der Waals surface area contributed by atoms with Gasteiger partial charge in [-0.05, 0) is 37.1 Å². The van der Waals surface area contributed by atoms with Crippen LogP contribution in [0.1, 0.15) is 50.4 Å². The Morgan fingerprint density at radius 1 is 1.22 bits per heavy atom. The van der Waals surface area contributed by atoms with Crippen molar-refractivity contribution in [3.05, 3.63) is 29.8 Å². The number of hydrogen-bond acceptors (Lipinski definition) is 4. The molecule has 2 N–H and O–H groups in total. The van der Waals surface area contributed by atoms with E-state index in [1.807, 2.05) is 24.3 Å². The second-order valence-electron chi connectivity index (χ2n) is 7.80. The maximum Gasteiger partial charge on any atom is 0.177 e. The minimum atomic E-state index is -0.717. The predicted octanol–water partition coefficient (Wildman–Crippen LogP) is 2.80. The van der Waals surface area contributed by atoms with E-state index in [9.17, 15) is 9.90 Å². The van der Waals surface area contributed by atoms with Crippen LogP contribution in [0.15, 0.2) is 24.3 Å². The Morgan fingerprint density at radius 3 is 2.48 bits per heavy atom. The summed E-state index contributed by atoms with van der Waals surface area (Å²) in [5.41, 5.74) is -0.923. The first-order chi connectivity index (χ1) is 10.9. The first kappa shape index (κ1) is 16.5. The summed E-state index contributed by atoms with van der Waals surface area (Å²) in [5, 5.41) is 13.2. The molecule has 0 aliphatic carbocycles. The molecule has 23 heavy (non-hydrogen) atoms. The van der Waals surface area contributed by atoms with Gasteiger partial charge in [0, 0.05) is 19.4 Å². The Labute approximate surface area is 138 Å². The number of rotatable bonds is 2. The molecule has 0 amide bonds. The lowest BCUT2D eigenvalue weighted by molar-refractivity contribution is -0.128. The van der Waals surface area contributed by atoms with Crippen molar-refractivity contribution in [2.45, 2.75) is 45.6 Å². The van der Waals surface area contributed by atoms with Gasteiger partial charge in [0.1, 0.15) is 11.4 Å². The fourth-order valence-corrected chi connectivity index (χ4v) is 4.75. The van der Waals surface area contributed by atoms with Crippen molar-refractivity contribution in [3.63, 3.8) is 0 Å². The van der Waals surface area contributed by atoms with Gasteiger partial charge in [-0.2, -0.15) is 0 Å². The van der Waals surface area contributed by atoms with Crippen molar-refractivity contribution in [3.8, 4) is 5.75 Å². The molecule has 1 aromatic carbocycles. The predicted molar refractivity (Wildman–Crippen MR) is 89.8 cm³/mol. The van der Waals surface area contributed by atoms with Crippen LogP contribution in [0.4, 0.5) is 0 Å². The fourth-order valence-electron chi connectivity index (χ4n) is 4.75. The van der Waals surface area contributed by atoms with E-state index in [4.69, 9.17) is 4.74 Å². The number of carbonyl (C=O) groups is 1. The van der Waals surface area contributed by atoms with E-state index in [1.165, 1.54) is 0 Å². The van der Waals surface area contributed by atoms with E-state index >= 15 is 0 Å². The topological polar surface area (TPSA) is 58.6 Å². The highest BCUT2D eigenvalue weighted by Gasteiger charge is 2.65. The molecule has 2 aliphatic rings. The molecule has 1 saturated heterocycles. The average Bonchev–Trinajstić information content (AvgIpc) is 2.51. The second-order valence-corrected chi connectivity index (χ2v) is 7.80. The van der Waals surface area contributed by atoms with Gasteiger partial charge in [0.2, 0.25) is 0 Å². The number of para-hydroxylation sites is 1. The number of nitrogens with one attached hydrogen (secondary N) is 1. The van der Waals surface area contributed by atoms with Crippen molar-refractivity contribution in [1.29, 1.82) is 0 Å². The Morgan fingerprint density at radius 2 is 1.87 bits per heavy atom. The Kier molecular flexibility index (Phi) is 4.01. The van der Waals surface area contributed by atoms with E-state index in [2.05, 4.69) is 26.1 Å². The zero-order valence-corrected chi connectivity index (χ0v) is 14.3. The van der Waals surface area contributed by atoms with Gasteiger partial charge in [-0.25, -0.2) is 0 Å². The quantitative estimate of drug-likeness (QED) is 0.880. The summed E-state index contributed by atoms with van der Waals surface area (Å²) < 4.78 is 6.55. The number of ether oxygens (including phenoxy) is 1. The summed E-state index contributed by atoms with van der Waals surface area (Å²) in [4.78, 5) is 13.6. The van der Waals surface area contributed by atoms with Crippen LogP contribution in [0, 0.1) is 10.8 Å². The standard InChI is InChI=1S/C19H27NO3/c1-17(2,3)19(10-13-21)16(22)14-6-4-5-7-15(14)23-18(19)8-11-20-12-9-18/h4-7,20-21H,8-13H2,1-3H3. The van der Waals surface area contributed by atoms with E-state index in [-0.39, 0.29) is 17.8 Å². The van der Waals surface area contributed by atoms with E-state index < -0.39 is 11.0 Å². The molecule has 2 aliphatic heterocycles. The summed E-state index contributed by atoms with van der Waals surface area (Å²) in [6.45, 7) is 7.95. The monoisotopic (exact) mass is 317 g/mol. The van der Waals surface area contributed by atoms with Crippen LogP contribution in [0.2, 0.25) is 0 Å². The number of piperidine rings is 1. The van der Waals surface area contributed by atoms with Gasteiger partial charge in [-0.1, -0.05) is 32.9 Å². The van der Waals surface area contributed by atoms with Gasteiger partial charge in [0.25, 0.3) is 0 Å². The maximum atomic E-state index is 13.6. The summed E-state index contributed by atoms with van der Waals surface area (Å²) in [6.07, 6.45) is 2.00. The summed E-state index contributed by atoms with van der Waals surface area (Å²) in [5.74, 6) is 0.819. The number of fused-ring (bicyclic) bond motifs is 1. The molecule has 2 heterocycles. The molecule has 1 spiro atoms. The average molecular weight is 317 g/mol. The molecular formula is C19H27NO3. The third kappa shape index (κ3) is 2.23. The first-order valence-corrected chi connectivity index (χ1v) is 8.52. The van der Waals surface area contributed by atoms with Gasteiger partial charge in [0.15, 0.2) is 5.78 Å². The number of aliphatic hydroxyl groups excluding tert-OH is 1. The van der Waals surface area contributed by atoms with Gasteiger partial charge in [-0.3, -0.25) is 4.79 Å². The van der Waals surface area contributed by atoms with Gasteiger partial charge in [0.05, 0.1) is 11.0 Å². The molecule has 0 saturated carbocycles. The minimum absolute atomic E-state index is 0.0102. The molecule has 126 valence electrons. The van der Waals surface area contributed by atoms with Crippen molar-refractivity contribution in [1.82, 2.24) is 5.32 Å². The third-order valence-electron chi connectivity index (χ3n) is 5.78. The van der Waals surface area contributed by atoms with Crippen molar-refractivity contribution >= 4 is 5.78 Å². The zero-order chi connectivity index (χ0) is 16.7. The van der Waals surface area contributed by atoms with Crippen LogP contribution in [0.3, 0.4) is 0 Å². The third-order valence-corrected chi connectivity index (χ3v) is 5.78. The van der Waals surface area contributed by atoms with E-state index in [0.29, 0.717) is 17.7 Å². The summed E-state index contributed by atoms with van der Waals surface area (Å²) in [6, 6.07) is 7.54. The zero-order valence-electron chi connectivity index (χ0n) is 14.3. The van der Waals surface area contributed by atoms with E-state index in [1.54, 1.807) is 0 Å². The molecule has 0 bridgehead atoms. The Balaban J connectivity index is 2.25. The molecule has 0 aromatic heterocycles. The second kappa shape index (κ2) is 5.60. The molecule has 1 atom stereocenters. The Hall–Kier alpha value is -1.39. The molecule has 3 rings (SSSR count). The largest absolute Gasteiger partial charge is 0.485 e. The van der Waals surface area contributed by atoms with E-state index in [0.717, 1.165) is 25.9 Å². The highest BCUT2D eigenvalue weighted by molar-refractivity contribution is 6.05. The summed E-state index contributed by atoms with van der Waals surface area (Å²) in [7, 11) is 0. The number of carbonyl (C=O) groups excluding carboxylic acids is 1. The SMILES string of the molecule is CC(C)(C)C1(CCO)C(=O)c2ccccc2OC12CCNCC2. The Bertz CT molecular complexity index is 599. The number of hydrogen-bond donors (Lipinski definition) is 2. The van der Waals surface area contributed by atoms with Crippen LogP contribution in [-0.4, -0.2) is 36.2 Å². The highest BCUT2D eigenvalue weighted by Crippen LogP contribution is 2.59. The van der Waals surface area contributed by atoms with Crippen LogP contribution >= 0.6 is 0 Å². The van der Waals surface area contributed by atoms with Gasteiger partial charge in [-0.15, -0.1) is 0 Å². The van der Waals surface area contributed by atoms with Crippen molar-refractivity contribution in [2.24, 2.45) is 10.8 Å². The lowest BCUT2D eigenvalue weighted by Gasteiger charge is -2.59. The number of ketones is 1. The maximum absolute atomic E-state index is 13.6. The van der Waals surface area contributed by atoms with Gasteiger partial charge < -0.3 is 15.2 Å². The molecule has 0 radical (unpaired) electrons. The van der Waals surface area contributed by atoms with Crippen LogP contribution < -0.4 is 10.1 Å². The first-order valence-electron chi connectivity index (χ1n) is 8.52. The molecule has 1 aromatic rings. The van der Waals surface area contributed by atoms with Crippen LogP contribution in [0.25, 0.3) is 0 Å². The molecule has 4 nitrogen and oxygen atoms in total. The number of aliphatic hydroxyl groups is 1. The molecular weight excluding hydrogens is 290 g/mol. The fraction of sp³-hybridized carbons (Fsp3) is 0.632. The lowest BCUT2D eigenvalue weighted by atomic mass is 9.50. The summed E-state index contributed by atoms with van der Waals surface area (Å²) >= 11 is 0. The van der Waals surface area contributed by atoms with Crippen molar-refractivity contribution in [2.75, 3.05) is 19.7 Å². The molecule has 1 unspecified atom stereocenters. The smallest absolute Gasteiger partial charge is 0.177 e. The molecule has 4 heteroatoms. The van der Waals surface area contributed by atoms with Gasteiger partial charge >= 0.3 is 0 Å². The normalized spacial score (nSPS) is 26.7. The van der Waals surface area contributed by atoms with Crippen molar-refractivity contribution < 1.29 is 14.6 Å². The lowest BCUT2D eigenvalue weighted by Crippen LogP contribution is -2.68.